The second kappa shape index (κ2) is 12.9. The topological polar surface area (TPSA) is 86.2 Å². The molecule has 0 saturated carbocycles. The summed E-state index contributed by atoms with van der Waals surface area (Å²) in [6.45, 7) is 5.99. The minimum absolute atomic E-state index is 0.139. The molecule has 0 atom stereocenters. The maximum absolute atomic E-state index is 12.1. The van der Waals surface area contributed by atoms with E-state index in [2.05, 4.69) is 24.4 Å². The molecule has 36 heavy (non-hydrogen) atoms. The number of ether oxygens (including phenoxy) is 3. The number of nitrogens with one attached hydrogen (secondary N) is 1. The average molecular weight is 487 g/mol. The van der Waals surface area contributed by atoms with Gasteiger partial charge in [-0.2, -0.15) is 5.10 Å². The van der Waals surface area contributed by atoms with Crippen LogP contribution in [-0.4, -0.2) is 31.8 Å². The number of amides is 1. The van der Waals surface area contributed by atoms with Gasteiger partial charge in [0.1, 0.15) is 17.2 Å². The molecule has 0 saturated heterocycles. The fourth-order valence-corrected chi connectivity index (χ4v) is 3.25. The van der Waals surface area contributed by atoms with E-state index in [0.29, 0.717) is 11.5 Å². The van der Waals surface area contributed by atoms with Crippen LogP contribution in [0.15, 0.2) is 77.9 Å². The first-order chi connectivity index (χ1) is 17.3. The second-order valence-electron chi connectivity index (χ2n) is 8.37. The number of rotatable bonds is 10. The van der Waals surface area contributed by atoms with E-state index < -0.39 is 5.97 Å². The smallest absolute Gasteiger partial charge is 0.336 e. The van der Waals surface area contributed by atoms with E-state index in [1.54, 1.807) is 37.5 Å². The molecule has 7 nitrogen and oxygen atoms in total. The SMILES string of the molecule is COc1ccc(/C=C/C(=O)Oc2ccc(/C=N\NC(=O)COc3cc(C)ccc3C(C)C)cc2)cc1. The molecule has 0 fully saturated rings. The van der Waals surface area contributed by atoms with Crippen molar-refractivity contribution < 1.29 is 23.8 Å². The Labute approximate surface area is 211 Å². The normalized spacial score (nSPS) is 11.1. The van der Waals surface area contributed by atoms with Gasteiger partial charge in [-0.3, -0.25) is 4.79 Å². The predicted octanol–water partition coefficient (Wildman–Crippen LogP) is 5.27. The van der Waals surface area contributed by atoms with Crippen molar-refractivity contribution >= 4 is 24.2 Å². The fourth-order valence-electron chi connectivity index (χ4n) is 3.25. The maximum atomic E-state index is 12.1. The van der Waals surface area contributed by atoms with Crippen molar-refractivity contribution in [1.29, 1.82) is 0 Å². The molecule has 3 aromatic rings. The van der Waals surface area contributed by atoms with Crippen molar-refractivity contribution in [2.24, 2.45) is 5.10 Å². The second-order valence-corrected chi connectivity index (χ2v) is 8.37. The third kappa shape index (κ3) is 8.13. The molecule has 0 aliphatic carbocycles. The average Bonchev–Trinajstić information content (AvgIpc) is 2.87. The van der Waals surface area contributed by atoms with Gasteiger partial charge in [-0.25, -0.2) is 10.2 Å². The van der Waals surface area contributed by atoms with Gasteiger partial charge in [-0.1, -0.05) is 38.1 Å². The zero-order chi connectivity index (χ0) is 25.9. The summed E-state index contributed by atoms with van der Waals surface area (Å²) in [6, 6.07) is 20.0. The third-order valence-electron chi connectivity index (χ3n) is 5.18. The number of carbonyl (C=O) groups excluding carboxylic acids is 2. The molecule has 3 rings (SSSR count). The monoisotopic (exact) mass is 486 g/mol. The summed E-state index contributed by atoms with van der Waals surface area (Å²) < 4.78 is 16.1. The van der Waals surface area contributed by atoms with Gasteiger partial charge in [0.2, 0.25) is 0 Å². The molecule has 1 amide bonds. The van der Waals surface area contributed by atoms with Gasteiger partial charge in [-0.05, 0) is 83.6 Å². The van der Waals surface area contributed by atoms with Crippen LogP contribution in [0.2, 0.25) is 0 Å². The van der Waals surface area contributed by atoms with Gasteiger partial charge in [0.25, 0.3) is 5.91 Å². The number of carbonyl (C=O) groups is 2. The van der Waals surface area contributed by atoms with Gasteiger partial charge in [0.15, 0.2) is 6.61 Å². The van der Waals surface area contributed by atoms with Crippen LogP contribution in [-0.2, 0) is 9.59 Å². The van der Waals surface area contributed by atoms with Crippen molar-refractivity contribution in [1.82, 2.24) is 5.43 Å². The molecule has 0 aliphatic heterocycles. The minimum atomic E-state index is -0.492. The number of aryl methyl sites for hydroxylation is 1. The summed E-state index contributed by atoms with van der Waals surface area (Å²) in [5.74, 6) is 1.27. The van der Waals surface area contributed by atoms with E-state index in [9.17, 15) is 9.59 Å². The molecule has 3 aromatic carbocycles. The Morgan fingerprint density at radius 3 is 2.28 bits per heavy atom. The van der Waals surface area contributed by atoms with Crippen molar-refractivity contribution in [3.05, 3.63) is 95.1 Å². The number of benzene rings is 3. The zero-order valence-corrected chi connectivity index (χ0v) is 20.9. The highest BCUT2D eigenvalue weighted by Gasteiger charge is 2.10. The molecular weight excluding hydrogens is 456 g/mol. The Kier molecular flexibility index (Phi) is 9.40. The third-order valence-corrected chi connectivity index (χ3v) is 5.18. The van der Waals surface area contributed by atoms with Crippen molar-refractivity contribution in [3.63, 3.8) is 0 Å². The van der Waals surface area contributed by atoms with Crippen LogP contribution in [0.5, 0.6) is 17.2 Å². The molecule has 0 heterocycles. The first-order valence-electron chi connectivity index (χ1n) is 11.5. The first-order valence-corrected chi connectivity index (χ1v) is 11.5. The summed E-state index contributed by atoms with van der Waals surface area (Å²) in [4.78, 5) is 24.2. The molecular formula is C29H30N2O5. The van der Waals surface area contributed by atoms with Gasteiger partial charge in [0.05, 0.1) is 13.3 Å². The van der Waals surface area contributed by atoms with Gasteiger partial charge >= 0.3 is 5.97 Å². The van der Waals surface area contributed by atoms with Gasteiger partial charge < -0.3 is 14.2 Å². The standard InChI is InChI=1S/C29H30N2O5/c1-20(2)26-15-5-21(3)17-27(26)35-19-28(32)31-30-18-23-8-13-25(14-9-23)36-29(33)16-10-22-6-11-24(34-4)12-7-22/h5-18,20H,19H2,1-4H3,(H,31,32)/b16-10+,30-18-. The molecule has 0 aliphatic rings. The van der Waals surface area contributed by atoms with Crippen LogP contribution in [0, 0.1) is 6.92 Å². The molecule has 1 N–H and O–H groups in total. The largest absolute Gasteiger partial charge is 0.497 e. The Hall–Kier alpha value is -4.39. The molecule has 0 unspecified atom stereocenters. The van der Waals surface area contributed by atoms with Gasteiger partial charge in [-0.15, -0.1) is 0 Å². The van der Waals surface area contributed by atoms with Crippen molar-refractivity contribution in [2.45, 2.75) is 26.7 Å². The lowest BCUT2D eigenvalue weighted by Crippen LogP contribution is -2.25. The first kappa shape index (κ1) is 26.2. The van der Waals surface area contributed by atoms with Crippen LogP contribution in [0.1, 0.15) is 42.0 Å². The Bertz CT molecular complexity index is 1230. The zero-order valence-electron chi connectivity index (χ0n) is 20.9. The van der Waals surface area contributed by atoms with E-state index in [-0.39, 0.29) is 18.4 Å². The lowest BCUT2D eigenvalue weighted by Gasteiger charge is -2.14. The maximum Gasteiger partial charge on any atom is 0.336 e. The van der Waals surface area contributed by atoms with Crippen LogP contribution in [0.25, 0.3) is 6.08 Å². The van der Waals surface area contributed by atoms with E-state index in [4.69, 9.17) is 14.2 Å². The van der Waals surface area contributed by atoms with E-state index in [1.807, 2.05) is 49.4 Å². The number of nitrogens with zero attached hydrogens (tertiary/aromatic N) is 1. The minimum Gasteiger partial charge on any atom is -0.497 e. The molecule has 0 bridgehead atoms. The van der Waals surface area contributed by atoms with Crippen LogP contribution in [0.4, 0.5) is 0 Å². The fraction of sp³-hybridized carbons (Fsp3) is 0.207. The van der Waals surface area contributed by atoms with Crippen molar-refractivity contribution in [3.8, 4) is 17.2 Å². The molecule has 186 valence electrons. The number of hydrazone groups is 1. The molecule has 0 radical (unpaired) electrons. The summed E-state index contributed by atoms with van der Waals surface area (Å²) in [5.41, 5.74) is 6.15. The highest BCUT2D eigenvalue weighted by molar-refractivity contribution is 5.89. The lowest BCUT2D eigenvalue weighted by molar-refractivity contribution is -0.129. The quantitative estimate of drug-likeness (QED) is 0.139. The Balaban J connectivity index is 1.46. The van der Waals surface area contributed by atoms with E-state index in [1.165, 1.54) is 12.3 Å². The summed E-state index contributed by atoms with van der Waals surface area (Å²) in [7, 11) is 1.60. The summed E-state index contributed by atoms with van der Waals surface area (Å²) in [5, 5.41) is 3.96. The lowest BCUT2D eigenvalue weighted by atomic mass is 10.0. The van der Waals surface area contributed by atoms with Crippen LogP contribution in [0.3, 0.4) is 0 Å². The predicted molar refractivity (Wildman–Crippen MR) is 141 cm³/mol. The Morgan fingerprint density at radius 2 is 1.61 bits per heavy atom. The van der Waals surface area contributed by atoms with E-state index in [0.717, 1.165) is 28.0 Å². The highest BCUT2D eigenvalue weighted by Crippen LogP contribution is 2.27. The van der Waals surface area contributed by atoms with Gasteiger partial charge in [0, 0.05) is 6.08 Å². The van der Waals surface area contributed by atoms with E-state index >= 15 is 0 Å². The summed E-state index contributed by atoms with van der Waals surface area (Å²) >= 11 is 0. The van der Waals surface area contributed by atoms with Crippen LogP contribution >= 0.6 is 0 Å². The molecule has 0 spiro atoms. The molecule has 7 heteroatoms. The Morgan fingerprint density at radius 1 is 0.944 bits per heavy atom. The summed E-state index contributed by atoms with van der Waals surface area (Å²) in [6.07, 6.45) is 4.52. The van der Waals surface area contributed by atoms with Crippen molar-refractivity contribution in [2.75, 3.05) is 13.7 Å². The highest BCUT2D eigenvalue weighted by atomic mass is 16.5. The molecule has 0 aromatic heterocycles. The number of esters is 1. The number of methoxy groups -OCH3 is 1. The van der Waals surface area contributed by atoms with Crippen LogP contribution < -0.4 is 19.6 Å². The number of hydrogen-bond acceptors (Lipinski definition) is 6. The number of hydrogen-bond donors (Lipinski definition) is 1.